The lowest BCUT2D eigenvalue weighted by atomic mass is 10.1. The molecule has 0 amide bonds. The monoisotopic (exact) mass is 296 g/mol. The molecule has 0 radical (unpaired) electrons. The van der Waals surface area contributed by atoms with E-state index in [0.717, 1.165) is 22.3 Å². The molecule has 1 heterocycles. The number of benzene rings is 2. The Hall–Kier alpha value is -2.13. The Morgan fingerprint density at radius 3 is 2.62 bits per heavy atom. The molecule has 0 N–H and O–H groups in total. The number of hydrogen-bond donors (Lipinski definition) is 0. The maximum Gasteiger partial charge on any atom is 0.191 e. The van der Waals surface area contributed by atoms with Crippen LogP contribution in [0.1, 0.15) is 16.7 Å². The van der Waals surface area contributed by atoms with Crippen LogP contribution in [-0.2, 0) is 6.61 Å². The summed E-state index contributed by atoms with van der Waals surface area (Å²) in [7, 11) is 0. The summed E-state index contributed by atoms with van der Waals surface area (Å²) in [4.78, 5) is 0. The summed E-state index contributed by atoms with van der Waals surface area (Å²) in [5, 5.41) is 1.06. The van der Waals surface area contributed by atoms with Gasteiger partial charge in [0.1, 0.15) is 17.9 Å². The Morgan fingerprint density at radius 2 is 1.81 bits per heavy atom. The number of ether oxygens (including phenoxy) is 1. The lowest BCUT2D eigenvalue weighted by molar-refractivity contribution is 0.305. The van der Waals surface area contributed by atoms with E-state index < -0.39 is 0 Å². The van der Waals surface area contributed by atoms with Gasteiger partial charge in [-0.2, -0.15) is 0 Å². The van der Waals surface area contributed by atoms with Gasteiger partial charge in [-0.15, -0.1) is 0 Å². The van der Waals surface area contributed by atoms with Crippen LogP contribution >= 0.6 is 12.2 Å². The lowest BCUT2D eigenvalue weighted by Gasteiger charge is -2.09. The van der Waals surface area contributed by atoms with Crippen molar-refractivity contribution in [2.24, 2.45) is 0 Å². The second-order valence-corrected chi connectivity index (χ2v) is 5.52. The van der Waals surface area contributed by atoms with Crippen molar-refractivity contribution in [1.82, 2.24) is 0 Å². The SMILES string of the molecule is Cc1ccccc1COc1ccc2c(C)cc(=S)oc2c1. The van der Waals surface area contributed by atoms with Crippen LogP contribution in [0.15, 0.2) is 52.9 Å². The summed E-state index contributed by atoms with van der Waals surface area (Å²) in [5.74, 6) is 0.787. The van der Waals surface area contributed by atoms with Gasteiger partial charge in [-0.05, 0) is 61.0 Å². The van der Waals surface area contributed by atoms with Crippen LogP contribution in [0.4, 0.5) is 0 Å². The van der Waals surface area contributed by atoms with Crippen molar-refractivity contribution in [3.63, 3.8) is 0 Å². The van der Waals surface area contributed by atoms with E-state index in [0.29, 0.717) is 11.3 Å². The van der Waals surface area contributed by atoms with Crippen LogP contribution in [0.5, 0.6) is 5.75 Å². The molecule has 21 heavy (non-hydrogen) atoms. The van der Waals surface area contributed by atoms with Crippen LogP contribution in [0.25, 0.3) is 11.0 Å². The first-order chi connectivity index (χ1) is 10.1. The molecule has 0 bridgehead atoms. The van der Waals surface area contributed by atoms with Gasteiger partial charge < -0.3 is 9.15 Å². The Morgan fingerprint density at radius 1 is 1.00 bits per heavy atom. The molecule has 3 aromatic rings. The van der Waals surface area contributed by atoms with Crippen molar-refractivity contribution in [2.45, 2.75) is 20.5 Å². The van der Waals surface area contributed by atoms with E-state index in [4.69, 9.17) is 21.4 Å². The van der Waals surface area contributed by atoms with E-state index >= 15 is 0 Å². The zero-order chi connectivity index (χ0) is 14.8. The topological polar surface area (TPSA) is 22.4 Å². The fourth-order valence-corrected chi connectivity index (χ4v) is 2.59. The van der Waals surface area contributed by atoms with Crippen molar-refractivity contribution >= 4 is 23.2 Å². The first-order valence-corrected chi connectivity index (χ1v) is 7.26. The molecule has 0 atom stereocenters. The van der Waals surface area contributed by atoms with E-state index in [1.165, 1.54) is 11.1 Å². The molecule has 0 spiro atoms. The lowest BCUT2D eigenvalue weighted by Crippen LogP contribution is -1.97. The van der Waals surface area contributed by atoms with Crippen LogP contribution in [0.3, 0.4) is 0 Å². The Bertz CT molecular complexity index is 849. The van der Waals surface area contributed by atoms with Gasteiger partial charge in [0.25, 0.3) is 0 Å². The van der Waals surface area contributed by atoms with Crippen LogP contribution < -0.4 is 4.74 Å². The number of rotatable bonds is 3. The standard InChI is InChI=1S/C18H16O2S/c1-12-5-3-4-6-14(12)11-19-15-7-8-16-13(2)9-18(21)20-17(16)10-15/h3-10H,11H2,1-2H3. The van der Waals surface area contributed by atoms with Gasteiger partial charge in [0, 0.05) is 11.5 Å². The van der Waals surface area contributed by atoms with E-state index in [9.17, 15) is 0 Å². The van der Waals surface area contributed by atoms with Crippen molar-refractivity contribution in [3.05, 3.63) is 69.9 Å². The molecule has 106 valence electrons. The van der Waals surface area contributed by atoms with Crippen LogP contribution in [0, 0.1) is 18.6 Å². The average Bonchev–Trinajstić information content (AvgIpc) is 2.46. The molecule has 3 heteroatoms. The predicted octanol–water partition coefficient (Wildman–Crippen LogP) is 5.36. The summed E-state index contributed by atoms with van der Waals surface area (Å²) in [6, 6.07) is 16.0. The van der Waals surface area contributed by atoms with Gasteiger partial charge in [-0.1, -0.05) is 24.3 Å². The van der Waals surface area contributed by atoms with E-state index in [1.807, 2.05) is 43.3 Å². The minimum Gasteiger partial charge on any atom is -0.489 e. The Balaban J connectivity index is 1.88. The molecule has 0 unspecified atom stereocenters. The normalized spacial score (nSPS) is 10.8. The summed E-state index contributed by atoms with van der Waals surface area (Å²) < 4.78 is 12.0. The van der Waals surface area contributed by atoms with Gasteiger partial charge in [0.05, 0.1) is 0 Å². The molecule has 0 fully saturated rings. The van der Waals surface area contributed by atoms with E-state index in [1.54, 1.807) is 0 Å². The first kappa shape index (κ1) is 13.8. The summed E-state index contributed by atoms with van der Waals surface area (Å²) in [6.45, 7) is 4.66. The second kappa shape index (κ2) is 5.70. The zero-order valence-electron chi connectivity index (χ0n) is 12.1. The van der Waals surface area contributed by atoms with Crippen LogP contribution in [0.2, 0.25) is 0 Å². The molecule has 3 rings (SSSR count). The van der Waals surface area contributed by atoms with Gasteiger partial charge in [-0.25, -0.2) is 0 Å². The third-order valence-electron chi connectivity index (χ3n) is 3.58. The summed E-state index contributed by atoms with van der Waals surface area (Å²) in [5.41, 5.74) is 4.29. The summed E-state index contributed by atoms with van der Waals surface area (Å²) in [6.07, 6.45) is 0. The first-order valence-electron chi connectivity index (χ1n) is 6.85. The quantitative estimate of drug-likeness (QED) is 0.608. The van der Waals surface area contributed by atoms with E-state index in [2.05, 4.69) is 19.1 Å². The highest BCUT2D eigenvalue weighted by Crippen LogP contribution is 2.25. The van der Waals surface area contributed by atoms with Gasteiger partial charge in [0.15, 0.2) is 4.71 Å². The largest absolute Gasteiger partial charge is 0.489 e. The molecule has 1 aromatic heterocycles. The fraction of sp³-hybridized carbons (Fsp3) is 0.167. The molecule has 2 nitrogen and oxygen atoms in total. The highest BCUT2D eigenvalue weighted by molar-refractivity contribution is 7.71. The molecule has 0 saturated heterocycles. The summed E-state index contributed by atoms with van der Waals surface area (Å²) >= 11 is 5.12. The maximum absolute atomic E-state index is 5.87. The number of aryl methyl sites for hydroxylation is 2. The van der Waals surface area contributed by atoms with Crippen LogP contribution in [-0.4, -0.2) is 0 Å². The predicted molar refractivity (Wildman–Crippen MR) is 87.3 cm³/mol. The smallest absolute Gasteiger partial charge is 0.191 e. The minimum atomic E-state index is 0.496. The molecular weight excluding hydrogens is 280 g/mol. The Labute approximate surface area is 129 Å². The fourth-order valence-electron chi connectivity index (χ4n) is 2.33. The molecule has 0 aliphatic heterocycles. The van der Waals surface area contributed by atoms with Gasteiger partial charge in [-0.3, -0.25) is 0 Å². The second-order valence-electron chi connectivity index (χ2n) is 5.12. The molecular formula is C18H16O2S. The van der Waals surface area contributed by atoms with Crippen molar-refractivity contribution in [3.8, 4) is 5.75 Å². The molecule has 0 saturated carbocycles. The van der Waals surface area contributed by atoms with E-state index in [-0.39, 0.29) is 0 Å². The van der Waals surface area contributed by atoms with Gasteiger partial charge in [0.2, 0.25) is 0 Å². The number of hydrogen-bond acceptors (Lipinski definition) is 3. The average molecular weight is 296 g/mol. The van der Waals surface area contributed by atoms with Crippen molar-refractivity contribution in [2.75, 3.05) is 0 Å². The third kappa shape index (κ3) is 2.98. The highest BCUT2D eigenvalue weighted by Gasteiger charge is 2.04. The maximum atomic E-state index is 5.87. The van der Waals surface area contributed by atoms with Crippen molar-refractivity contribution < 1.29 is 9.15 Å². The highest BCUT2D eigenvalue weighted by atomic mass is 32.1. The van der Waals surface area contributed by atoms with Gasteiger partial charge >= 0.3 is 0 Å². The number of fused-ring (bicyclic) bond motifs is 1. The molecule has 2 aromatic carbocycles. The Kier molecular flexibility index (Phi) is 3.76. The third-order valence-corrected chi connectivity index (χ3v) is 3.78. The molecule has 0 aliphatic carbocycles. The molecule has 0 aliphatic rings. The van der Waals surface area contributed by atoms with Crippen molar-refractivity contribution in [1.29, 1.82) is 0 Å². The minimum absolute atomic E-state index is 0.496. The zero-order valence-corrected chi connectivity index (χ0v) is 12.9.